The first-order valence-electron chi connectivity index (χ1n) is 6.53. The maximum atomic E-state index is 6.31. The van der Waals surface area contributed by atoms with Crippen LogP contribution in [-0.2, 0) is 6.54 Å². The lowest BCUT2D eigenvalue weighted by Gasteiger charge is -2.14. The first-order valence-corrected chi connectivity index (χ1v) is 6.53. The molecule has 2 N–H and O–H groups in total. The summed E-state index contributed by atoms with van der Waals surface area (Å²) in [6.45, 7) is 7.39. The second-order valence-corrected chi connectivity index (χ2v) is 4.39. The molecule has 0 aliphatic carbocycles. The molecule has 0 bridgehead atoms. The van der Waals surface area contributed by atoms with E-state index in [9.17, 15) is 0 Å². The smallest absolute Gasteiger partial charge is 0.137 e. The third kappa shape index (κ3) is 2.93. The second kappa shape index (κ2) is 5.84. The van der Waals surface area contributed by atoms with Gasteiger partial charge < -0.3 is 10.5 Å². The lowest BCUT2D eigenvalue weighted by atomic mass is 10.1. The maximum Gasteiger partial charge on any atom is 0.137 e. The first kappa shape index (κ1) is 13.5. The van der Waals surface area contributed by atoms with Gasteiger partial charge in [0.2, 0.25) is 0 Å². The van der Waals surface area contributed by atoms with Crippen LogP contribution in [0.3, 0.4) is 0 Å². The standard InChI is InChI=1S/C14H20N4O/c1-4-18-13(6-10(3)17-18)14(15)11-7-12(19-5-2)9-16-8-11/h6-9,14H,4-5,15H2,1-3H3. The summed E-state index contributed by atoms with van der Waals surface area (Å²) in [7, 11) is 0. The lowest BCUT2D eigenvalue weighted by Crippen LogP contribution is -2.17. The van der Waals surface area contributed by atoms with Gasteiger partial charge in [-0.2, -0.15) is 5.10 Å². The number of aryl methyl sites for hydroxylation is 2. The van der Waals surface area contributed by atoms with E-state index >= 15 is 0 Å². The summed E-state index contributed by atoms with van der Waals surface area (Å²) in [5.41, 5.74) is 9.21. The zero-order valence-corrected chi connectivity index (χ0v) is 11.6. The van der Waals surface area contributed by atoms with Gasteiger partial charge in [0.05, 0.1) is 30.2 Å². The van der Waals surface area contributed by atoms with Crippen molar-refractivity contribution in [1.29, 1.82) is 0 Å². The number of pyridine rings is 1. The van der Waals surface area contributed by atoms with Crippen LogP contribution in [-0.4, -0.2) is 21.4 Å². The summed E-state index contributed by atoms with van der Waals surface area (Å²) in [4.78, 5) is 4.18. The summed E-state index contributed by atoms with van der Waals surface area (Å²) in [6.07, 6.45) is 3.47. The zero-order chi connectivity index (χ0) is 13.8. The molecule has 1 unspecified atom stereocenters. The minimum absolute atomic E-state index is 0.242. The van der Waals surface area contributed by atoms with Crippen molar-refractivity contribution in [3.8, 4) is 5.75 Å². The molecule has 1 atom stereocenters. The van der Waals surface area contributed by atoms with Crippen LogP contribution in [0.2, 0.25) is 0 Å². The van der Waals surface area contributed by atoms with Crippen LogP contribution in [0.1, 0.15) is 36.8 Å². The predicted octanol–water partition coefficient (Wildman–Crippen LogP) is 2.05. The van der Waals surface area contributed by atoms with E-state index in [4.69, 9.17) is 10.5 Å². The molecule has 2 rings (SSSR count). The van der Waals surface area contributed by atoms with Gasteiger partial charge in [0.15, 0.2) is 0 Å². The topological polar surface area (TPSA) is 66.0 Å². The van der Waals surface area contributed by atoms with Gasteiger partial charge in [0.25, 0.3) is 0 Å². The fourth-order valence-electron chi connectivity index (χ4n) is 2.09. The van der Waals surface area contributed by atoms with Crippen LogP contribution < -0.4 is 10.5 Å². The van der Waals surface area contributed by atoms with Gasteiger partial charge in [0, 0.05) is 12.7 Å². The van der Waals surface area contributed by atoms with Crippen LogP contribution in [0, 0.1) is 6.92 Å². The number of hydrogen-bond donors (Lipinski definition) is 1. The highest BCUT2D eigenvalue weighted by Crippen LogP contribution is 2.23. The molecule has 2 heterocycles. The summed E-state index contributed by atoms with van der Waals surface area (Å²) in [5.74, 6) is 0.745. The Labute approximate surface area is 113 Å². The molecule has 0 saturated carbocycles. The van der Waals surface area contributed by atoms with Crippen LogP contribution in [0.5, 0.6) is 5.75 Å². The number of ether oxygens (including phenoxy) is 1. The molecule has 0 fully saturated rings. The molecule has 0 spiro atoms. The maximum absolute atomic E-state index is 6.31. The minimum atomic E-state index is -0.242. The molecular weight excluding hydrogens is 240 g/mol. The first-order chi connectivity index (χ1) is 9.15. The molecule has 0 saturated heterocycles. The predicted molar refractivity (Wildman–Crippen MR) is 74.1 cm³/mol. The number of hydrogen-bond acceptors (Lipinski definition) is 4. The van der Waals surface area contributed by atoms with Crippen molar-refractivity contribution in [2.24, 2.45) is 5.73 Å². The summed E-state index contributed by atoms with van der Waals surface area (Å²) < 4.78 is 7.38. The molecule has 0 aliphatic heterocycles. The summed E-state index contributed by atoms with van der Waals surface area (Å²) >= 11 is 0. The zero-order valence-electron chi connectivity index (χ0n) is 11.6. The van der Waals surface area contributed by atoms with Crippen molar-refractivity contribution in [1.82, 2.24) is 14.8 Å². The van der Waals surface area contributed by atoms with Gasteiger partial charge in [0.1, 0.15) is 5.75 Å². The van der Waals surface area contributed by atoms with Crippen molar-refractivity contribution in [2.45, 2.75) is 33.4 Å². The highest BCUT2D eigenvalue weighted by Gasteiger charge is 2.15. The Morgan fingerprint density at radius 3 is 2.79 bits per heavy atom. The monoisotopic (exact) mass is 260 g/mol. The average molecular weight is 260 g/mol. The van der Waals surface area contributed by atoms with Crippen molar-refractivity contribution in [3.63, 3.8) is 0 Å². The fraction of sp³-hybridized carbons (Fsp3) is 0.429. The quantitative estimate of drug-likeness (QED) is 0.893. The molecular formula is C14H20N4O. The van der Waals surface area contributed by atoms with Crippen molar-refractivity contribution < 1.29 is 4.74 Å². The van der Waals surface area contributed by atoms with Crippen LogP contribution >= 0.6 is 0 Å². The summed E-state index contributed by atoms with van der Waals surface area (Å²) in [6, 6.07) is 3.71. The van der Waals surface area contributed by atoms with Crippen LogP contribution in [0.4, 0.5) is 0 Å². The largest absolute Gasteiger partial charge is 0.492 e. The van der Waals surface area contributed by atoms with Gasteiger partial charge in [-0.05, 0) is 38.5 Å². The van der Waals surface area contributed by atoms with Crippen LogP contribution in [0.25, 0.3) is 0 Å². The van der Waals surface area contributed by atoms with E-state index in [2.05, 4.69) is 17.0 Å². The molecule has 2 aromatic rings. The number of aromatic nitrogens is 3. The Hall–Kier alpha value is -1.88. The van der Waals surface area contributed by atoms with E-state index in [1.807, 2.05) is 30.7 Å². The number of nitrogens with two attached hydrogens (primary N) is 1. The highest BCUT2D eigenvalue weighted by molar-refractivity contribution is 5.31. The minimum Gasteiger partial charge on any atom is -0.492 e. The van der Waals surface area contributed by atoms with E-state index in [0.29, 0.717) is 6.61 Å². The molecule has 0 aromatic carbocycles. The number of nitrogens with zero attached hydrogens (tertiary/aromatic N) is 3. The average Bonchev–Trinajstić information content (AvgIpc) is 2.80. The molecule has 102 valence electrons. The van der Waals surface area contributed by atoms with E-state index < -0.39 is 0 Å². The van der Waals surface area contributed by atoms with E-state index in [1.165, 1.54) is 0 Å². The van der Waals surface area contributed by atoms with Gasteiger partial charge in [-0.25, -0.2) is 0 Å². The van der Waals surface area contributed by atoms with Crippen molar-refractivity contribution >= 4 is 0 Å². The molecule has 2 aromatic heterocycles. The SMILES string of the molecule is CCOc1cncc(C(N)c2cc(C)nn2CC)c1. The lowest BCUT2D eigenvalue weighted by molar-refractivity contribution is 0.338. The molecule has 5 heteroatoms. The number of rotatable bonds is 5. The third-order valence-corrected chi connectivity index (χ3v) is 2.96. The Kier molecular flexibility index (Phi) is 4.16. The molecule has 19 heavy (non-hydrogen) atoms. The van der Waals surface area contributed by atoms with Gasteiger partial charge in [-0.1, -0.05) is 0 Å². The molecule has 5 nitrogen and oxygen atoms in total. The highest BCUT2D eigenvalue weighted by atomic mass is 16.5. The van der Waals surface area contributed by atoms with Gasteiger partial charge in [-0.15, -0.1) is 0 Å². The second-order valence-electron chi connectivity index (χ2n) is 4.39. The third-order valence-electron chi connectivity index (χ3n) is 2.96. The Morgan fingerprint density at radius 2 is 2.11 bits per heavy atom. The molecule has 0 aliphatic rings. The summed E-state index contributed by atoms with van der Waals surface area (Å²) in [5, 5.41) is 4.42. The van der Waals surface area contributed by atoms with Gasteiger partial charge in [-0.3, -0.25) is 9.67 Å². The van der Waals surface area contributed by atoms with Gasteiger partial charge >= 0.3 is 0 Å². The Morgan fingerprint density at radius 1 is 1.32 bits per heavy atom. The molecule has 0 radical (unpaired) electrons. The Balaban J connectivity index is 2.32. The fourth-order valence-corrected chi connectivity index (χ4v) is 2.09. The molecule has 0 amide bonds. The Bertz CT molecular complexity index is 550. The van der Waals surface area contributed by atoms with Crippen molar-refractivity contribution in [3.05, 3.63) is 41.5 Å². The van der Waals surface area contributed by atoms with Crippen molar-refractivity contribution in [2.75, 3.05) is 6.61 Å². The van der Waals surface area contributed by atoms with E-state index in [-0.39, 0.29) is 6.04 Å². The van der Waals surface area contributed by atoms with Crippen LogP contribution in [0.15, 0.2) is 24.5 Å². The normalized spacial score (nSPS) is 12.4. The van der Waals surface area contributed by atoms with E-state index in [1.54, 1.807) is 12.4 Å². The van der Waals surface area contributed by atoms with E-state index in [0.717, 1.165) is 29.2 Å².